The summed E-state index contributed by atoms with van der Waals surface area (Å²) in [6.45, 7) is 1.30. The van der Waals surface area contributed by atoms with Gasteiger partial charge in [-0.1, -0.05) is 0 Å². The van der Waals surface area contributed by atoms with Crippen LogP contribution in [0.5, 0.6) is 0 Å². The Labute approximate surface area is 88.1 Å². The van der Waals surface area contributed by atoms with Gasteiger partial charge in [0.2, 0.25) is 0 Å². The molecule has 0 spiro atoms. The summed E-state index contributed by atoms with van der Waals surface area (Å²) in [6.07, 6.45) is 0. The average molecular weight is 158 g/mol. The zero-order valence-electron chi connectivity index (χ0n) is 5.72. The van der Waals surface area contributed by atoms with Crippen LogP contribution in [0.25, 0.3) is 0 Å². The molecule has 0 aromatic heterocycles. The van der Waals surface area contributed by atoms with Crippen LogP contribution in [0.4, 0.5) is 0 Å². The van der Waals surface area contributed by atoms with Gasteiger partial charge in [-0.2, -0.15) is 0 Å². The van der Waals surface area contributed by atoms with Crippen molar-refractivity contribution in [2.45, 2.75) is 12.9 Å². The first kappa shape index (κ1) is 16.8. The van der Waals surface area contributed by atoms with E-state index < -0.39 is 5.97 Å². The van der Waals surface area contributed by atoms with Gasteiger partial charge in [0.1, 0.15) is 0 Å². The van der Waals surface area contributed by atoms with Crippen molar-refractivity contribution in [2.24, 2.45) is 0 Å². The molecule has 3 nitrogen and oxygen atoms in total. The van der Waals surface area contributed by atoms with E-state index in [2.05, 4.69) is 9.47 Å². The average Bonchev–Trinajstić information content (AvgIpc) is 1.68. The smallest absolute Gasteiger partial charge is 0.807 e. The summed E-state index contributed by atoms with van der Waals surface area (Å²) in [5.74, 6) is -1.67. The second-order valence-electron chi connectivity index (χ2n) is 1.27. The van der Waals surface area contributed by atoms with E-state index in [0.717, 1.165) is 0 Å². The van der Waals surface area contributed by atoms with Crippen LogP contribution in [0.1, 0.15) is 6.92 Å². The van der Waals surface area contributed by atoms with E-state index in [1.54, 1.807) is 0 Å². The van der Waals surface area contributed by atoms with Crippen molar-refractivity contribution >= 4 is 17.4 Å². The Kier molecular flexibility index (Phi) is 14.0. The number of ether oxygens (including phenoxy) is 2. The summed E-state index contributed by atoms with van der Waals surface area (Å²) in [4.78, 5) is 0. The Morgan fingerprint density at radius 1 is 1.22 bits per heavy atom. The minimum atomic E-state index is -1.67. The third-order valence-corrected chi connectivity index (χ3v) is 0.742. The molecule has 0 aliphatic heterocycles. The van der Waals surface area contributed by atoms with E-state index in [9.17, 15) is 5.11 Å². The molecule has 0 saturated heterocycles. The molecule has 0 bridgehead atoms. The summed E-state index contributed by atoms with van der Waals surface area (Å²) in [5.41, 5.74) is 0. The van der Waals surface area contributed by atoms with Gasteiger partial charge in [-0.15, -0.1) is 0 Å². The Balaban J connectivity index is -0.000000180. The Morgan fingerprint density at radius 2 is 1.44 bits per heavy atom. The van der Waals surface area contributed by atoms with Gasteiger partial charge >= 0.3 is 29.6 Å². The molecule has 0 aliphatic rings. The first-order valence-electron chi connectivity index (χ1n) is 1.93. The summed E-state index contributed by atoms with van der Waals surface area (Å²) in [5, 5.41) is 10.4. The number of methoxy groups -OCH3 is 2. The van der Waals surface area contributed by atoms with Gasteiger partial charge in [-0.05, 0) is 6.92 Å². The fraction of sp³-hybridized carbons (Fsp3) is 1.00. The summed E-state index contributed by atoms with van der Waals surface area (Å²) in [6, 6.07) is 0. The second-order valence-corrected chi connectivity index (χ2v) is 1.27. The minimum Gasteiger partial charge on any atom is -0.807 e. The van der Waals surface area contributed by atoms with Crippen LogP contribution >= 0.6 is 0 Å². The van der Waals surface area contributed by atoms with E-state index in [0.29, 0.717) is 0 Å². The van der Waals surface area contributed by atoms with Crippen molar-refractivity contribution in [1.29, 1.82) is 0 Å². The van der Waals surface area contributed by atoms with E-state index in [4.69, 9.17) is 0 Å². The molecule has 0 aromatic carbocycles. The van der Waals surface area contributed by atoms with E-state index in [1.165, 1.54) is 21.1 Å². The molecule has 5 heteroatoms. The van der Waals surface area contributed by atoms with Gasteiger partial charge in [-0.25, -0.2) is 0 Å². The van der Waals surface area contributed by atoms with Gasteiger partial charge in [0.25, 0.3) is 0 Å². The molecule has 50 valence electrons. The number of hydrogen-bond acceptors (Lipinski definition) is 3. The standard InChI is InChI=1S/C4H9O3.Al.Na.3H/c1-4(5,6-2)7-3;;;;;/h1-3H3;;;;;/q-1;;+1;;;. The quantitative estimate of drug-likeness (QED) is 0.299. The first-order chi connectivity index (χ1) is 3.12. The maximum absolute atomic E-state index is 10.4. The van der Waals surface area contributed by atoms with Crippen LogP contribution in [0.3, 0.4) is 0 Å². The predicted octanol–water partition coefficient (Wildman–Crippen LogP) is -4.87. The molecule has 0 aromatic rings. The second kappa shape index (κ2) is 7.52. The van der Waals surface area contributed by atoms with Crippen LogP contribution in [-0.2, 0) is 9.47 Å². The van der Waals surface area contributed by atoms with Crippen LogP contribution in [-0.4, -0.2) is 37.6 Å². The van der Waals surface area contributed by atoms with E-state index in [-0.39, 0.29) is 46.9 Å². The molecule has 0 radical (unpaired) electrons. The Bertz CT molecular complexity index is 53.8. The van der Waals surface area contributed by atoms with Crippen LogP contribution in [0.2, 0.25) is 0 Å². The van der Waals surface area contributed by atoms with Crippen LogP contribution in [0, 0.1) is 0 Å². The largest absolute Gasteiger partial charge is 1.00 e. The molecule has 0 heterocycles. The molecular weight excluding hydrogens is 146 g/mol. The van der Waals surface area contributed by atoms with Crippen molar-refractivity contribution in [1.82, 2.24) is 0 Å². The van der Waals surface area contributed by atoms with E-state index >= 15 is 0 Å². The Hall–Kier alpha value is 1.41. The monoisotopic (exact) mass is 158 g/mol. The van der Waals surface area contributed by atoms with Crippen molar-refractivity contribution in [3.05, 3.63) is 0 Å². The van der Waals surface area contributed by atoms with Gasteiger partial charge < -0.3 is 14.6 Å². The molecule has 0 saturated carbocycles. The molecular formula is C4H12AlNaO3. The zero-order chi connectivity index (χ0) is 5.91. The van der Waals surface area contributed by atoms with Crippen LogP contribution < -0.4 is 34.7 Å². The maximum atomic E-state index is 10.4. The molecule has 9 heavy (non-hydrogen) atoms. The third kappa shape index (κ3) is 9.41. The molecule has 0 fully saturated rings. The summed E-state index contributed by atoms with van der Waals surface area (Å²) >= 11 is 0. The predicted molar refractivity (Wildman–Crippen MR) is 32.4 cm³/mol. The molecule has 0 rings (SSSR count). The summed E-state index contributed by atoms with van der Waals surface area (Å²) in [7, 11) is 2.60. The van der Waals surface area contributed by atoms with Gasteiger partial charge in [0.15, 0.2) is 17.4 Å². The number of rotatable bonds is 2. The minimum absolute atomic E-state index is 0. The van der Waals surface area contributed by atoms with Crippen molar-refractivity contribution in [2.75, 3.05) is 14.2 Å². The Morgan fingerprint density at radius 3 is 1.44 bits per heavy atom. The number of hydrogen-bond donors (Lipinski definition) is 0. The molecule has 0 unspecified atom stereocenters. The molecule has 0 N–H and O–H groups in total. The SMILES string of the molecule is COC(C)([O-])OC.[AlH3].[Na+]. The fourth-order valence-corrected chi connectivity index (χ4v) is 0.0833. The van der Waals surface area contributed by atoms with E-state index in [1.807, 2.05) is 0 Å². The zero-order valence-corrected chi connectivity index (χ0v) is 7.72. The van der Waals surface area contributed by atoms with Gasteiger partial charge in [0, 0.05) is 14.2 Å². The van der Waals surface area contributed by atoms with Crippen LogP contribution in [0.15, 0.2) is 0 Å². The van der Waals surface area contributed by atoms with Crippen molar-refractivity contribution in [3.8, 4) is 0 Å². The maximum Gasteiger partial charge on any atom is 1.00 e. The van der Waals surface area contributed by atoms with Crippen molar-refractivity contribution in [3.63, 3.8) is 0 Å². The normalized spacial score (nSPS) is 9.33. The fourth-order valence-electron chi connectivity index (χ4n) is 0.0833. The molecule has 0 aliphatic carbocycles. The summed E-state index contributed by atoms with van der Waals surface area (Å²) < 4.78 is 8.62. The molecule has 0 atom stereocenters. The van der Waals surface area contributed by atoms with Gasteiger partial charge in [-0.3, -0.25) is 0 Å². The topological polar surface area (TPSA) is 41.5 Å². The first-order valence-corrected chi connectivity index (χ1v) is 1.93. The van der Waals surface area contributed by atoms with Crippen molar-refractivity contribution < 1.29 is 44.1 Å². The van der Waals surface area contributed by atoms with Gasteiger partial charge in [0.05, 0.1) is 5.97 Å². The third-order valence-electron chi connectivity index (χ3n) is 0.742. The molecule has 0 amide bonds.